The molecule has 2 N–H and O–H groups in total. The third-order valence-electron chi connectivity index (χ3n) is 1.84. The molecule has 15 heavy (non-hydrogen) atoms. The van der Waals surface area contributed by atoms with Crippen molar-refractivity contribution in [1.29, 1.82) is 0 Å². The summed E-state index contributed by atoms with van der Waals surface area (Å²) in [6, 6.07) is 5.27. The molecule has 0 spiro atoms. The van der Waals surface area contributed by atoms with Crippen LogP contribution in [0.2, 0.25) is 5.02 Å². The molecule has 1 rings (SSSR count). The first-order valence-corrected chi connectivity index (χ1v) is 5.98. The van der Waals surface area contributed by atoms with Gasteiger partial charge in [0.05, 0.1) is 5.02 Å². The van der Waals surface area contributed by atoms with Crippen molar-refractivity contribution in [3.8, 4) is 0 Å². The summed E-state index contributed by atoms with van der Waals surface area (Å²) < 4.78 is 0.945. The number of nitrogens with one attached hydrogen (secondary N) is 2. The molecule has 0 aliphatic heterocycles. The normalized spacial score (nSPS) is 10.1. The predicted molar refractivity (Wildman–Crippen MR) is 70.4 cm³/mol. The number of amides is 1. The van der Waals surface area contributed by atoms with Crippen LogP contribution in [0.1, 0.15) is 10.4 Å². The summed E-state index contributed by atoms with van der Waals surface area (Å²) in [6.45, 7) is 1.36. The van der Waals surface area contributed by atoms with Crippen LogP contribution in [-0.4, -0.2) is 26.0 Å². The lowest BCUT2D eigenvalue weighted by atomic mass is 10.2. The second-order valence-corrected chi connectivity index (χ2v) is 4.56. The summed E-state index contributed by atoms with van der Waals surface area (Å²) in [5.41, 5.74) is 0.594. The van der Waals surface area contributed by atoms with Crippen LogP contribution in [0.4, 0.5) is 0 Å². The number of hydrogen-bond donors (Lipinski definition) is 2. The maximum absolute atomic E-state index is 11.6. The minimum absolute atomic E-state index is 0.0939. The topological polar surface area (TPSA) is 41.1 Å². The van der Waals surface area contributed by atoms with E-state index >= 15 is 0 Å². The Labute approximate surface area is 108 Å². The third kappa shape index (κ3) is 3.96. The number of rotatable bonds is 4. The molecule has 0 saturated heterocycles. The van der Waals surface area contributed by atoms with Crippen LogP contribution >= 0.6 is 34.2 Å². The summed E-state index contributed by atoms with van der Waals surface area (Å²) in [5, 5.41) is 6.35. The van der Waals surface area contributed by atoms with Gasteiger partial charge in [-0.2, -0.15) is 0 Å². The van der Waals surface area contributed by atoms with E-state index in [1.165, 1.54) is 0 Å². The molecule has 1 aromatic rings. The maximum Gasteiger partial charge on any atom is 0.251 e. The van der Waals surface area contributed by atoms with Crippen LogP contribution in [0.15, 0.2) is 18.2 Å². The highest BCUT2D eigenvalue weighted by molar-refractivity contribution is 14.1. The Kier molecular flexibility index (Phi) is 5.35. The number of likely N-dealkylation sites (N-methyl/N-ethyl adjacent to an activating group) is 1. The average Bonchev–Trinajstić information content (AvgIpc) is 2.22. The maximum atomic E-state index is 11.6. The zero-order valence-corrected chi connectivity index (χ0v) is 11.2. The Morgan fingerprint density at radius 3 is 2.80 bits per heavy atom. The first-order chi connectivity index (χ1) is 7.15. The summed E-state index contributed by atoms with van der Waals surface area (Å²) >= 11 is 8.04. The third-order valence-corrected chi connectivity index (χ3v) is 3.41. The van der Waals surface area contributed by atoms with Gasteiger partial charge in [0.1, 0.15) is 0 Å². The van der Waals surface area contributed by atoms with Gasteiger partial charge in [0.25, 0.3) is 5.91 Å². The highest BCUT2D eigenvalue weighted by atomic mass is 127. The lowest BCUT2D eigenvalue weighted by Gasteiger charge is -2.05. The van der Waals surface area contributed by atoms with Crippen LogP contribution in [0.3, 0.4) is 0 Å². The fourth-order valence-corrected chi connectivity index (χ4v) is 1.56. The molecule has 0 saturated carbocycles. The van der Waals surface area contributed by atoms with Gasteiger partial charge in [0.15, 0.2) is 0 Å². The van der Waals surface area contributed by atoms with Crippen molar-refractivity contribution >= 4 is 40.1 Å². The first kappa shape index (κ1) is 12.7. The molecule has 0 atom stereocenters. The molecule has 0 bridgehead atoms. The molecule has 0 aromatic heterocycles. The Balaban J connectivity index is 2.62. The van der Waals surface area contributed by atoms with Gasteiger partial charge in [0.2, 0.25) is 0 Å². The number of hydrogen-bond acceptors (Lipinski definition) is 2. The number of halogens is 2. The van der Waals surface area contributed by atoms with E-state index in [1.807, 2.05) is 13.1 Å². The molecule has 5 heteroatoms. The summed E-state index contributed by atoms with van der Waals surface area (Å²) in [4.78, 5) is 11.6. The second-order valence-electron chi connectivity index (χ2n) is 2.99. The molecule has 1 aromatic carbocycles. The van der Waals surface area contributed by atoms with E-state index in [-0.39, 0.29) is 5.91 Å². The summed E-state index contributed by atoms with van der Waals surface area (Å²) in [6.07, 6.45) is 0. The zero-order chi connectivity index (χ0) is 11.3. The summed E-state index contributed by atoms with van der Waals surface area (Å²) in [7, 11) is 1.84. The van der Waals surface area contributed by atoms with Gasteiger partial charge in [-0.05, 0) is 47.8 Å². The van der Waals surface area contributed by atoms with E-state index in [0.29, 0.717) is 17.1 Å². The number of benzene rings is 1. The van der Waals surface area contributed by atoms with E-state index in [1.54, 1.807) is 12.1 Å². The van der Waals surface area contributed by atoms with Gasteiger partial charge >= 0.3 is 0 Å². The second kappa shape index (κ2) is 6.30. The molecule has 0 heterocycles. The Hall–Kier alpha value is -0.330. The van der Waals surface area contributed by atoms with E-state index in [9.17, 15) is 4.79 Å². The van der Waals surface area contributed by atoms with Crippen LogP contribution in [-0.2, 0) is 0 Å². The Bertz CT molecular complexity index is 357. The van der Waals surface area contributed by atoms with Crippen molar-refractivity contribution in [3.05, 3.63) is 32.4 Å². The van der Waals surface area contributed by atoms with Gasteiger partial charge in [-0.3, -0.25) is 4.79 Å². The minimum Gasteiger partial charge on any atom is -0.351 e. The SMILES string of the molecule is CNCCNC(=O)c1ccc(I)c(Cl)c1. The predicted octanol–water partition coefficient (Wildman–Crippen LogP) is 1.89. The zero-order valence-electron chi connectivity index (χ0n) is 8.31. The van der Waals surface area contributed by atoms with E-state index in [4.69, 9.17) is 11.6 Å². The minimum atomic E-state index is -0.0939. The number of carbonyl (C=O) groups is 1. The highest BCUT2D eigenvalue weighted by Crippen LogP contribution is 2.19. The van der Waals surface area contributed by atoms with Crippen molar-refractivity contribution in [3.63, 3.8) is 0 Å². The van der Waals surface area contributed by atoms with E-state index < -0.39 is 0 Å². The Morgan fingerprint density at radius 1 is 1.47 bits per heavy atom. The van der Waals surface area contributed by atoms with Crippen LogP contribution < -0.4 is 10.6 Å². The quantitative estimate of drug-likeness (QED) is 0.650. The standard InChI is InChI=1S/C10H12ClIN2O/c1-13-4-5-14-10(15)7-2-3-9(12)8(11)6-7/h2-3,6,13H,4-5H2,1H3,(H,14,15). The molecular weight excluding hydrogens is 326 g/mol. The monoisotopic (exact) mass is 338 g/mol. The van der Waals surface area contributed by atoms with Gasteiger partial charge in [0, 0.05) is 22.2 Å². The van der Waals surface area contributed by atoms with Crippen molar-refractivity contribution < 1.29 is 4.79 Å². The van der Waals surface area contributed by atoms with E-state index in [2.05, 4.69) is 33.2 Å². The van der Waals surface area contributed by atoms with Gasteiger partial charge in [-0.25, -0.2) is 0 Å². The first-order valence-electron chi connectivity index (χ1n) is 4.53. The van der Waals surface area contributed by atoms with Gasteiger partial charge in [-0.1, -0.05) is 11.6 Å². The molecule has 3 nitrogen and oxygen atoms in total. The molecule has 0 aliphatic carbocycles. The van der Waals surface area contributed by atoms with Crippen molar-refractivity contribution in [2.45, 2.75) is 0 Å². The molecule has 1 amide bonds. The van der Waals surface area contributed by atoms with Crippen molar-refractivity contribution in [2.75, 3.05) is 20.1 Å². The summed E-state index contributed by atoms with van der Waals surface area (Å²) in [5.74, 6) is -0.0939. The molecule has 0 radical (unpaired) electrons. The Morgan fingerprint density at radius 2 is 2.20 bits per heavy atom. The van der Waals surface area contributed by atoms with Gasteiger partial charge < -0.3 is 10.6 Å². The smallest absolute Gasteiger partial charge is 0.251 e. The largest absolute Gasteiger partial charge is 0.351 e. The van der Waals surface area contributed by atoms with Crippen LogP contribution in [0.5, 0.6) is 0 Å². The van der Waals surface area contributed by atoms with Crippen LogP contribution in [0, 0.1) is 3.57 Å². The molecule has 0 aliphatic rings. The van der Waals surface area contributed by atoms with E-state index in [0.717, 1.165) is 10.1 Å². The number of carbonyl (C=O) groups excluding carboxylic acids is 1. The fourth-order valence-electron chi connectivity index (χ4n) is 1.04. The highest BCUT2D eigenvalue weighted by Gasteiger charge is 2.06. The fraction of sp³-hybridized carbons (Fsp3) is 0.300. The molecule has 0 fully saturated rings. The van der Waals surface area contributed by atoms with Crippen molar-refractivity contribution in [2.24, 2.45) is 0 Å². The van der Waals surface area contributed by atoms with Gasteiger partial charge in [-0.15, -0.1) is 0 Å². The molecule has 0 unspecified atom stereocenters. The van der Waals surface area contributed by atoms with Crippen LogP contribution in [0.25, 0.3) is 0 Å². The van der Waals surface area contributed by atoms with Crippen molar-refractivity contribution in [1.82, 2.24) is 10.6 Å². The lowest BCUT2D eigenvalue weighted by Crippen LogP contribution is -2.30. The average molecular weight is 339 g/mol. The lowest BCUT2D eigenvalue weighted by molar-refractivity contribution is 0.0954. The molecular formula is C10H12ClIN2O. The molecule has 82 valence electrons.